The van der Waals surface area contributed by atoms with Crippen molar-refractivity contribution in [2.75, 3.05) is 13.1 Å². The summed E-state index contributed by atoms with van der Waals surface area (Å²) in [4.78, 5) is 14.2. The third-order valence-corrected chi connectivity index (χ3v) is 3.94. The van der Waals surface area contributed by atoms with E-state index >= 15 is 0 Å². The zero-order valence-electron chi connectivity index (χ0n) is 13.2. The summed E-state index contributed by atoms with van der Waals surface area (Å²) >= 11 is 0. The van der Waals surface area contributed by atoms with Gasteiger partial charge in [-0.2, -0.15) is 0 Å². The minimum Gasteiger partial charge on any atom is -0.356 e. The van der Waals surface area contributed by atoms with E-state index in [1.165, 1.54) is 12.8 Å². The lowest BCUT2D eigenvalue weighted by Crippen LogP contribution is -2.42. The predicted molar refractivity (Wildman–Crippen MR) is 79.6 cm³/mol. The van der Waals surface area contributed by atoms with Crippen LogP contribution in [-0.2, 0) is 11.3 Å². The van der Waals surface area contributed by atoms with Gasteiger partial charge >= 0.3 is 0 Å². The van der Waals surface area contributed by atoms with Crippen molar-refractivity contribution in [2.45, 2.75) is 65.1 Å². The molecule has 1 aliphatic heterocycles. The van der Waals surface area contributed by atoms with Gasteiger partial charge in [0.1, 0.15) is 0 Å². The zero-order chi connectivity index (χ0) is 15.2. The highest BCUT2D eigenvalue weighted by Crippen LogP contribution is 2.21. The molecule has 7 heteroatoms. The molecule has 0 aromatic carbocycles. The molecule has 0 bridgehead atoms. The van der Waals surface area contributed by atoms with Gasteiger partial charge in [-0.25, -0.2) is 4.68 Å². The van der Waals surface area contributed by atoms with Crippen molar-refractivity contribution in [3.05, 3.63) is 5.82 Å². The number of piperidine rings is 1. The van der Waals surface area contributed by atoms with Gasteiger partial charge in [-0.15, -0.1) is 5.10 Å². The van der Waals surface area contributed by atoms with Crippen molar-refractivity contribution in [3.8, 4) is 0 Å². The first-order valence-corrected chi connectivity index (χ1v) is 7.89. The van der Waals surface area contributed by atoms with E-state index in [2.05, 4.69) is 39.6 Å². The van der Waals surface area contributed by atoms with Gasteiger partial charge in [-0.3, -0.25) is 9.69 Å². The lowest BCUT2D eigenvalue weighted by Gasteiger charge is -2.35. The second-order valence-corrected chi connectivity index (χ2v) is 5.91. The molecule has 1 N–H and O–H groups in total. The van der Waals surface area contributed by atoms with Crippen LogP contribution in [0.25, 0.3) is 0 Å². The third kappa shape index (κ3) is 4.23. The van der Waals surface area contributed by atoms with Gasteiger partial charge in [0, 0.05) is 19.0 Å². The van der Waals surface area contributed by atoms with Gasteiger partial charge in [-0.1, -0.05) is 6.42 Å². The molecule has 1 saturated heterocycles. The Bertz CT molecular complexity index is 458. The number of hydrogen-bond donors (Lipinski definition) is 1. The molecule has 1 amide bonds. The maximum atomic E-state index is 11.9. The van der Waals surface area contributed by atoms with Gasteiger partial charge < -0.3 is 5.32 Å². The lowest BCUT2D eigenvalue weighted by atomic mass is 9.99. The number of tetrazole rings is 1. The molecule has 2 rings (SSSR count). The number of amides is 1. The van der Waals surface area contributed by atoms with Crippen LogP contribution in [0.15, 0.2) is 0 Å². The summed E-state index contributed by atoms with van der Waals surface area (Å²) in [5.74, 6) is 1.02. The topological polar surface area (TPSA) is 75.9 Å². The Hall–Kier alpha value is -1.50. The van der Waals surface area contributed by atoms with Gasteiger partial charge in [-0.05, 0) is 50.6 Å². The Morgan fingerprint density at radius 2 is 2.24 bits per heavy atom. The highest BCUT2D eigenvalue weighted by Gasteiger charge is 2.26. The first-order chi connectivity index (χ1) is 10.1. The fraction of sp³-hybridized carbons (Fsp3) is 0.857. The lowest BCUT2D eigenvalue weighted by molar-refractivity contribution is -0.122. The number of hydrogen-bond acceptors (Lipinski definition) is 5. The number of rotatable bonds is 6. The first-order valence-electron chi connectivity index (χ1n) is 7.89. The Labute approximate surface area is 126 Å². The number of carbonyl (C=O) groups excluding carboxylic acids is 1. The maximum absolute atomic E-state index is 11.9. The molecule has 1 aliphatic rings. The summed E-state index contributed by atoms with van der Waals surface area (Å²) in [6.07, 6.45) is 4.00. The SMILES string of the molecule is CCNC(=O)CC1CCCCN1Cc1nnnn1C(C)C. The predicted octanol–water partition coefficient (Wildman–Crippen LogP) is 1.13. The second kappa shape index (κ2) is 7.49. The van der Waals surface area contributed by atoms with E-state index in [4.69, 9.17) is 0 Å². The van der Waals surface area contributed by atoms with Crippen molar-refractivity contribution in [3.63, 3.8) is 0 Å². The van der Waals surface area contributed by atoms with E-state index in [0.29, 0.717) is 19.0 Å². The molecule has 1 atom stereocenters. The van der Waals surface area contributed by atoms with Crippen LogP contribution in [0.1, 0.15) is 58.3 Å². The van der Waals surface area contributed by atoms with Crippen LogP contribution in [-0.4, -0.2) is 50.1 Å². The van der Waals surface area contributed by atoms with Crippen molar-refractivity contribution in [2.24, 2.45) is 0 Å². The molecule has 118 valence electrons. The molecule has 2 heterocycles. The fourth-order valence-corrected chi connectivity index (χ4v) is 2.88. The molecule has 1 aromatic rings. The number of likely N-dealkylation sites (tertiary alicyclic amines) is 1. The largest absolute Gasteiger partial charge is 0.356 e. The zero-order valence-corrected chi connectivity index (χ0v) is 13.2. The quantitative estimate of drug-likeness (QED) is 0.851. The number of carbonyl (C=O) groups is 1. The Morgan fingerprint density at radius 3 is 2.95 bits per heavy atom. The van der Waals surface area contributed by atoms with Gasteiger partial charge in [0.25, 0.3) is 0 Å². The molecule has 0 saturated carbocycles. The number of nitrogens with one attached hydrogen (secondary N) is 1. The molecule has 1 aromatic heterocycles. The van der Waals surface area contributed by atoms with Crippen LogP contribution in [0.3, 0.4) is 0 Å². The van der Waals surface area contributed by atoms with Gasteiger partial charge in [0.05, 0.1) is 12.6 Å². The molecule has 21 heavy (non-hydrogen) atoms. The van der Waals surface area contributed by atoms with Crippen LogP contribution >= 0.6 is 0 Å². The van der Waals surface area contributed by atoms with Crippen molar-refractivity contribution >= 4 is 5.91 Å². The van der Waals surface area contributed by atoms with E-state index < -0.39 is 0 Å². The van der Waals surface area contributed by atoms with E-state index in [9.17, 15) is 4.79 Å². The summed E-state index contributed by atoms with van der Waals surface area (Å²) in [5.41, 5.74) is 0. The Morgan fingerprint density at radius 1 is 1.43 bits per heavy atom. The van der Waals surface area contributed by atoms with E-state index in [1.807, 2.05) is 11.6 Å². The van der Waals surface area contributed by atoms with E-state index in [0.717, 1.165) is 25.3 Å². The monoisotopic (exact) mass is 294 g/mol. The minimum absolute atomic E-state index is 0.137. The standard InChI is InChI=1S/C14H26N6O/c1-4-15-14(21)9-12-7-5-6-8-19(12)10-13-16-17-18-20(13)11(2)3/h11-12H,4-10H2,1-3H3,(H,15,21). The maximum Gasteiger partial charge on any atom is 0.221 e. The molecule has 1 fully saturated rings. The first kappa shape index (κ1) is 15.9. The summed E-state index contributed by atoms with van der Waals surface area (Å²) < 4.78 is 1.86. The highest BCUT2D eigenvalue weighted by molar-refractivity contribution is 5.76. The van der Waals surface area contributed by atoms with Crippen LogP contribution in [0, 0.1) is 0 Å². The molecular formula is C14H26N6O. The van der Waals surface area contributed by atoms with Crippen LogP contribution in [0.5, 0.6) is 0 Å². The van der Waals surface area contributed by atoms with E-state index in [-0.39, 0.29) is 11.9 Å². The summed E-state index contributed by atoms with van der Waals surface area (Å²) in [7, 11) is 0. The van der Waals surface area contributed by atoms with Crippen molar-refractivity contribution < 1.29 is 4.79 Å². The average molecular weight is 294 g/mol. The van der Waals surface area contributed by atoms with Crippen LogP contribution in [0.2, 0.25) is 0 Å². The molecule has 0 radical (unpaired) electrons. The van der Waals surface area contributed by atoms with Gasteiger partial charge in [0.2, 0.25) is 5.91 Å². The van der Waals surface area contributed by atoms with E-state index in [1.54, 1.807) is 0 Å². The smallest absolute Gasteiger partial charge is 0.221 e. The molecule has 7 nitrogen and oxygen atoms in total. The van der Waals surface area contributed by atoms with Crippen molar-refractivity contribution in [1.82, 2.24) is 30.4 Å². The highest BCUT2D eigenvalue weighted by atomic mass is 16.1. The van der Waals surface area contributed by atoms with Gasteiger partial charge in [0.15, 0.2) is 5.82 Å². The van der Waals surface area contributed by atoms with Crippen LogP contribution in [0.4, 0.5) is 0 Å². The molecular weight excluding hydrogens is 268 g/mol. The number of nitrogens with zero attached hydrogens (tertiary/aromatic N) is 5. The summed E-state index contributed by atoms with van der Waals surface area (Å²) in [5, 5.41) is 14.9. The molecule has 1 unspecified atom stereocenters. The Balaban J connectivity index is 2.01. The normalized spacial score (nSPS) is 19.9. The second-order valence-electron chi connectivity index (χ2n) is 5.91. The molecule has 0 spiro atoms. The number of aromatic nitrogens is 4. The fourth-order valence-electron chi connectivity index (χ4n) is 2.88. The minimum atomic E-state index is 0.137. The summed E-state index contributed by atoms with van der Waals surface area (Å²) in [6, 6.07) is 0.546. The summed E-state index contributed by atoms with van der Waals surface area (Å²) in [6.45, 7) is 8.51. The molecule has 0 aliphatic carbocycles. The third-order valence-electron chi connectivity index (χ3n) is 3.94. The van der Waals surface area contributed by atoms with Crippen LogP contribution < -0.4 is 5.32 Å². The Kier molecular flexibility index (Phi) is 5.67. The average Bonchev–Trinajstić information content (AvgIpc) is 2.89. The van der Waals surface area contributed by atoms with Crippen molar-refractivity contribution in [1.29, 1.82) is 0 Å².